The second kappa shape index (κ2) is 13.8. The van der Waals surface area contributed by atoms with Crippen molar-refractivity contribution in [2.75, 3.05) is 13.2 Å². The maximum atomic E-state index is 14.6. The Hall–Kier alpha value is -2.42. The van der Waals surface area contributed by atoms with Gasteiger partial charge >= 0.3 is 0 Å². The Labute approximate surface area is 232 Å². The lowest BCUT2D eigenvalue weighted by molar-refractivity contribution is -0.234. The van der Waals surface area contributed by atoms with Gasteiger partial charge in [-0.05, 0) is 40.2 Å². The van der Waals surface area contributed by atoms with Gasteiger partial charge in [-0.25, -0.2) is 8.78 Å². The van der Waals surface area contributed by atoms with Gasteiger partial charge in [-0.1, -0.05) is 112 Å². The molecule has 210 valence electrons. The van der Waals surface area contributed by atoms with Crippen molar-refractivity contribution >= 4 is 18.7 Å². The van der Waals surface area contributed by atoms with Gasteiger partial charge in [0.05, 0.1) is 13.2 Å². The third-order valence-corrected chi connectivity index (χ3v) is 12.3. The topological polar surface area (TPSA) is 36.9 Å². The molecule has 4 nitrogen and oxygen atoms in total. The van der Waals surface area contributed by atoms with Crippen LogP contribution in [0, 0.1) is 0 Å². The normalized spacial score (nSPS) is 18.2. The predicted molar refractivity (Wildman–Crippen MR) is 153 cm³/mol. The zero-order valence-corrected chi connectivity index (χ0v) is 24.1. The molecule has 1 aliphatic rings. The van der Waals surface area contributed by atoms with Crippen molar-refractivity contribution in [2.24, 2.45) is 0 Å². The Morgan fingerprint density at radius 1 is 0.846 bits per heavy atom. The number of halogens is 2. The molecule has 39 heavy (non-hydrogen) atoms. The van der Waals surface area contributed by atoms with Gasteiger partial charge in [-0.15, -0.1) is 0 Å². The number of alkyl halides is 2. The molecule has 7 heteroatoms. The minimum atomic E-state index is -2.97. The van der Waals surface area contributed by atoms with E-state index in [1.807, 2.05) is 66.7 Å². The van der Waals surface area contributed by atoms with Gasteiger partial charge in [0.25, 0.3) is 14.7 Å². The third kappa shape index (κ3) is 7.41. The maximum absolute atomic E-state index is 14.6. The maximum Gasteiger partial charge on any atom is 0.267 e. The van der Waals surface area contributed by atoms with Gasteiger partial charge in [0.1, 0.15) is 12.2 Å². The van der Waals surface area contributed by atoms with Crippen LogP contribution in [0.15, 0.2) is 91.0 Å². The van der Waals surface area contributed by atoms with Crippen LogP contribution in [0.4, 0.5) is 8.78 Å². The Bertz CT molecular complexity index is 1060. The number of hydrogen-bond donors (Lipinski definition) is 0. The van der Waals surface area contributed by atoms with Gasteiger partial charge < -0.3 is 18.6 Å². The van der Waals surface area contributed by atoms with Crippen LogP contribution in [0.1, 0.15) is 45.6 Å². The highest BCUT2D eigenvalue weighted by atomic mass is 28.4. The fourth-order valence-electron chi connectivity index (χ4n) is 5.30. The van der Waals surface area contributed by atoms with Crippen LogP contribution in [0.3, 0.4) is 0 Å². The van der Waals surface area contributed by atoms with E-state index in [2.05, 4.69) is 45.0 Å². The van der Waals surface area contributed by atoms with Gasteiger partial charge in [0.2, 0.25) is 0 Å². The van der Waals surface area contributed by atoms with E-state index in [4.69, 9.17) is 18.6 Å². The summed E-state index contributed by atoms with van der Waals surface area (Å²) >= 11 is 0. The van der Waals surface area contributed by atoms with E-state index in [0.29, 0.717) is 13.0 Å². The van der Waals surface area contributed by atoms with E-state index in [9.17, 15) is 8.78 Å². The summed E-state index contributed by atoms with van der Waals surface area (Å²) in [6.45, 7) is 7.05. The minimum Gasteiger partial charge on any atom is -0.405 e. The fourth-order valence-corrected chi connectivity index (χ4v) is 9.87. The Balaban J connectivity index is 1.68. The van der Waals surface area contributed by atoms with E-state index in [-0.39, 0.29) is 18.3 Å². The van der Waals surface area contributed by atoms with Crippen molar-refractivity contribution in [1.82, 2.24) is 0 Å². The van der Waals surface area contributed by atoms with E-state index in [1.54, 1.807) is 0 Å². The molecule has 3 atom stereocenters. The Morgan fingerprint density at radius 3 is 1.90 bits per heavy atom. The lowest BCUT2D eigenvalue weighted by Crippen LogP contribution is -2.67. The van der Waals surface area contributed by atoms with E-state index in [1.165, 1.54) is 0 Å². The molecule has 0 aliphatic carbocycles. The van der Waals surface area contributed by atoms with Gasteiger partial charge in [0, 0.05) is 6.61 Å². The lowest BCUT2D eigenvalue weighted by atomic mass is 10.2. The SMILES string of the molecule is CC(C)(C)[Si](OCC(OC1CCCCO1)C(OCc1ccccc1)C(F)F)(c1ccccc1)c1ccccc1. The molecular weight excluding hydrogens is 514 g/mol. The zero-order chi connectivity index (χ0) is 27.7. The zero-order valence-electron chi connectivity index (χ0n) is 23.1. The first-order valence-corrected chi connectivity index (χ1v) is 15.7. The first-order chi connectivity index (χ1) is 18.8. The number of rotatable bonds is 12. The second-order valence-corrected chi connectivity index (χ2v) is 15.3. The molecule has 1 saturated heterocycles. The van der Waals surface area contributed by atoms with Crippen molar-refractivity contribution in [3.63, 3.8) is 0 Å². The van der Waals surface area contributed by atoms with Crippen molar-refractivity contribution in [3.05, 3.63) is 96.6 Å². The molecule has 3 aromatic carbocycles. The van der Waals surface area contributed by atoms with Crippen LogP contribution in [0.5, 0.6) is 0 Å². The highest BCUT2D eigenvalue weighted by Gasteiger charge is 2.51. The molecule has 1 fully saturated rings. The van der Waals surface area contributed by atoms with Crippen LogP contribution in [0.2, 0.25) is 5.04 Å². The van der Waals surface area contributed by atoms with Gasteiger partial charge in [0.15, 0.2) is 6.29 Å². The molecule has 0 radical (unpaired) electrons. The first-order valence-electron chi connectivity index (χ1n) is 13.8. The number of benzene rings is 3. The van der Waals surface area contributed by atoms with E-state index in [0.717, 1.165) is 28.8 Å². The van der Waals surface area contributed by atoms with Crippen LogP contribution < -0.4 is 10.4 Å². The van der Waals surface area contributed by atoms with Crippen molar-refractivity contribution in [2.45, 2.75) is 76.6 Å². The molecule has 0 amide bonds. The second-order valence-electron chi connectivity index (χ2n) is 11.0. The molecular formula is C32H40F2O4Si. The molecule has 1 heterocycles. The molecule has 0 bridgehead atoms. The van der Waals surface area contributed by atoms with E-state index < -0.39 is 33.2 Å². The van der Waals surface area contributed by atoms with Crippen LogP contribution in [-0.4, -0.2) is 46.5 Å². The Kier molecular flexibility index (Phi) is 10.4. The van der Waals surface area contributed by atoms with Gasteiger partial charge in [-0.2, -0.15) is 0 Å². The standard InChI is InChI=1S/C32H40F2O4Si/c1-32(2,3)39(26-17-9-5-10-18-26,27-19-11-6-12-20-27)37-24-28(38-29-21-13-14-22-35-29)30(31(33)34)36-23-25-15-7-4-8-16-25/h4-12,15-20,28-31H,13-14,21-24H2,1-3H3. The van der Waals surface area contributed by atoms with Crippen LogP contribution >= 0.6 is 0 Å². The first kappa shape index (κ1) is 29.6. The lowest BCUT2D eigenvalue weighted by Gasteiger charge is -2.44. The molecule has 0 aromatic heterocycles. The van der Waals surface area contributed by atoms with Crippen molar-refractivity contribution < 1.29 is 27.4 Å². The molecule has 4 rings (SSSR count). The van der Waals surface area contributed by atoms with Crippen LogP contribution in [0.25, 0.3) is 0 Å². The highest BCUT2D eigenvalue weighted by Crippen LogP contribution is 2.37. The summed E-state index contributed by atoms with van der Waals surface area (Å²) < 4.78 is 54.1. The smallest absolute Gasteiger partial charge is 0.267 e. The molecule has 0 saturated carbocycles. The monoisotopic (exact) mass is 554 g/mol. The highest BCUT2D eigenvalue weighted by molar-refractivity contribution is 6.99. The summed E-state index contributed by atoms with van der Waals surface area (Å²) in [5, 5.41) is 1.86. The van der Waals surface area contributed by atoms with E-state index >= 15 is 0 Å². The van der Waals surface area contributed by atoms with Crippen molar-refractivity contribution in [3.8, 4) is 0 Å². The quantitative estimate of drug-likeness (QED) is 0.245. The number of ether oxygens (including phenoxy) is 3. The summed E-state index contributed by atoms with van der Waals surface area (Å²) in [5.41, 5.74) is 0.823. The third-order valence-electron chi connectivity index (χ3n) is 7.25. The Morgan fingerprint density at radius 2 is 1.41 bits per heavy atom. The molecule has 3 unspecified atom stereocenters. The summed E-state index contributed by atoms with van der Waals surface area (Å²) in [4.78, 5) is 0. The molecule has 0 spiro atoms. The molecule has 1 aliphatic heterocycles. The largest absolute Gasteiger partial charge is 0.405 e. The molecule has 3 aromatic rings. The summed E-state index contributed by atoms with van der Waals surface area (Å²) in [7, 11) is -2.97. The predicted octanol–water partition coefficient (Wildman–Crippen LogP) is 6.33. The summed E-state index contributed by atoms with van der Waals surface area (Å²) in [6.07, 6.45) is -3.29. The fraction of sp³-hybridized carbons (Fsp3) is 0.438. The van der Waals surface area contributed by atoms with Gasteiger partial charge in [-0.3, -0.25) is 0 Å². The average molecular weight is 555 g/mol. The van der Waals surface area contributed by atoms with Crippen molar-refractivity contribution in [1.29, 1.82) is 0 Å². The summed E-state index contributed by atoms with van der Waals surface area (Å²) in [6, 6.07) is 29.7. The molecule has 0 N–H and O–H groups in total. The number of hydrogen-bond acceptors (Lipinski definition) is 4. The van der Waals surface area contributed by atoms with Crippen LogP contribution in [-0.2, 0) is 25.2 Å². The minimum absolute atomic E-state index is 0.0447. The summed E-state index contributed by atoms with van der Waals surface area (Å²) in [5.74, 6) is 0. The average Bonchev–Trinajstić information content (AvgIpc) is 2.94.